The van der Waals surface area contributed by atoms with E-state index in [2.05, 4.69) is 5.32 Å². The van der Waals surface area contributed by atoms with Gasteiger partial charge in [0.15, 0.2) is 0 Å². The van der Waals surface area contributed by atoms with Crippen LogP contribution in [-0.4, -0.2) is 51.8 Å². The average Bonchev–Trinajstić information content (AvgIpc) is 2.56. The second kappa shape index (κ2) is 8.61. The van der Waals surface area contributed by atoms with Crippen LogP contribution in [0.1, 0.15) is 31.1 Å². The normalized spacial score (nSPS) is 13.0. The number of benzene rings is 1. The smallest absolute Gasteiger partial charge is 0.326 e. The molecule has 2 unspecified atom stereocenters. The molecule has 0 aromatic heterocycles. The van der Waals surface area contributed by atoms with Crippen LogP contribution in [0.2, 0.25) is 5.02 Å². The average molecular weight is 386 g/mol. The van der Waals surface area contributed by atoms with Crippen LogP contribution in [0.3, 0.4) is 0 Å². The molecule has 0 aliphatic heterocycles. The highest BCUT2D eigenvalue weighted by atomic mass is 35.5. The Kier molecular flexibility index (Phi) is 7.08. The summed E-state index contributed by atoms with van der Waals surface area (Å²) in [5.41, 5.74) is -0.289. The van der Waals surface area contributed by atoms with Crippen molar-refractivity contribution in [2.75, 3.05) is 7.05 Å². The molecule has 142 valence electrons. The van der Waals surface area contributed by atoms with Crippen molar-refractivity contribution in [3.8, 4) is 0 Å². The van der Waals surface area contributed by atoms with E-state index in [-0.39, 0.29) is 22.2 Å². The molecule has 2 N–H and O–H groups in total. The molecule has 0 bridgehead atoms. The summed E-state index contributed by atoms with van der Waals surface area (Å²) in [6.07, 6.45) is 0. The minimum absolute atomic E-state index is 0.0235. The van der Waals surface area contributed by atoms with Crippen molar-refractivity contribution < 1.29 is 24.4 Å². The highest BCUT2D eigenvalue weighted by molar-refractivity contribution is 6.34. The van der Waals surface area contributed by atoms with Crippen LogP contribution in [0.15, 0.2) is 18.2 Å². The maximum absolute atomic E-state index is 12.6. The molecule has 0 heterocycles. The van der Waals surface area contributed by atoms with Crippen LogP contribution in [0.4, 0.5) is 5.69 Å². The number of rotatable bonds is 7. The number of halogens is 1. The van der Waals surface area contributed by atoms with E-state index < -0.39 is 34.8 Å². The van der Waals surface area contributed by atoms with E-state index in [0.717, 1.165) is 17.0 Å². The van der Waals surface area contributed by atoms with E-state index in [0.29, 0.717) is 0 Å². The molecule has 0 radical (unpaired) electrons. The third kappa shape index (κ3) is 4.92. The van der Waals surface area contributed by atoms with Crippen molar-refractivity contribution in [3.05, 3.63) is 38.9 Å². The lowest BCUT2D eigenvalue weighted by Crippen LogP contribution is -2.53. The van der Waals surface area contributed by atoms with Gasteiger partial charge in [-0.15, -0.1) is 0 Å². The summed E-state index contributed by atoms with van der Waals surface area (Å²) >= 11 is 5.93. The number of nitrogens with one attached hydrogen (secondary N) is 1. The van der Waals surface area contributed by atoms with Crippen molar-refractivity contribution in [1.29, 1.82) is 0 Å². The molecular weight excluding hydrogens is 366 g/mol. The van der Waals surface area contributed by atoms with Crippen molar-refractivity contribution >= 4 is 35.1 Å². The van der Waals surface area contributed by atoms with Crippen LogP contribution in [-0.2, 0) is 9.59 Å². The van der Waals surface area contributed by atoms with Crippen molar-refractivity contribution in [1.82, 2.24) is 10.2 Å². The van der Waals surface area contributed by atoms with E-state index >= 15 is 0 Å². The molecule has 26 heavy (non-hydrogen) atoms. The first-order valence-corrected chi connectivity index (χ1v) is 8.09. The maximum atomic E-state index is 12.6. The summed E-state index contributed by atoms with van der Waals surface area (Å²) in [6.45, 7) is 4.74. The van der Waals surface area contributed by atoms with Gasteiger partial charge in [0.2, 0.25) is 5.91 Å². The summed E-state index contributed by atoms with van der Waals surface area (Å²) in [5.74, 6) is -2.76. The Hall–Kier alpha value is -2.68. The summed E-state index contributed by atoms with van der Waals surface area (Å²) < 4.78 is 0. The van der Waals surface area contributed by atoms with E-state index in [9.17, 15) is 24.5 Å². The van der Waals surface area contributed by atoms with Gasteiger partial charge in [-0.3, -0.25) is 19.7 Å². The van der Waals surface area contributed by atoms with Crippen LogP contribution >= 0.6 is 11.6 Å². The molecule has 1 aromatic rings. The number of non-ortho nitro benzene ring substituents is 1. The predicted octanol–water partition coefficient (Wildman–Crippen LogP) is 1.93. The topological polar surface area (TPSA) is 130 Å². The summed E-state index contributed by atoms with van der Waals surface area (Å²) in [5, 5.41) is 22.2. The molecule has 2 amide bonds. The predicted molar refractivity (Wildman–Crippen MR) is 94.1 cm³/mol. The Labute approximate surface area is 155 Å². The lowest BCUT2D eigenvalue weighted by atomic mass is 10.0. The third-order valence-corrected chi connectivity index (χ3v) is 4.23. The summed E-state index contributed by atoms with van der Waals surface area (Å²) in [7, 11) is 1.33. The molecule has 9 nitrogen and oxygen atoms in total. The van der Waals surface area contributed by atoms with Gasteiger partial charge < -0.3 is 15.3 Å². The van der Waals surface area contributed by atoms with Gasteiger partial charge in [-0.2, -0.15) is 0 Å². The Balaban J connectivity index is 3.04. The number of nitro benzene ring substituents is 1. The Bertz CT molecular complexity index is 737. The minimum Gasteiger partial charge on any atom is -0.480 e. The molecular formula is C16H20ClN3O6. The van der Waals surface area contributed by atoms with E-state index in [1.165, 1.54) is 20.0 Å². The zero-order valence-corrected chi connectivity index (χ0v) is 15.5. The van der Waals surface area contributed by atoms with E-state index in [1.807, 2.05) is 0 Å². The molecule has 10 heteroatoms. The maximum Gasteiger partial charge on any atom is 0.326 e. The number of nitrogens with zero attached hydrogens (tertiary/aromatic N) is 2. The first kappa shape index (κ1) is 21.4. The molecule has 0 saturated carbocycles. The third-order valence-electron chi connectivity index (χ3n) is 3.91. The fourth-order valence-electron chi connectivity index (χ4n) is 2.11. The van der Waals surface area contributed by atoms with Crippen molar-refractivity contribution in [3.63, 3.8) is 0 Å². The van der Waals surface area contributed by atoms with Gasteiger partial charge in [0, 0.05) is 19.2 Å². The van der Waals surface area contributed by atoms with E-state index in [4.69, 9.17) is 16.7 Å². The van der Waals surface area contributed by atoms with Crippen LogP contribution in [0.5, 0.6) is 0 Å². The van der Waals surface area contributed by atoms with Gasteiger partial charge in [0.05, 0.1) is 15.5 Å². The lowest BCUT2D eigenvalue weighted by Gasteiger charge is -2.29. The van der Waals surface area contributed by atoms with Gasteiger partial charge in [0.1, 0.15) is 12.1 Å². The molecule has 0 spiro atoms. The van der Waals surface area contributed by atoms with Gasteiger partial charge in [-0.05, 0) is 18.9 Å². The number of nitro groups is 1. The Morgan fingerprint density at radius 3 is 2.27 bits per heavy atom. The fourth-order valence-corrected chi connectivity index (χ4v) is 2.37. The quantitative estimate of drug-likeness (QED) is 0.544. The Morgan fingerprint density at radius 2 is 1.85 bits per heavy atom. The standard InChI is InChI=1S/C16H20ClN3O6/c1-8(2)13(15(22)19(4)9(3)16(23)24)18-14(21)11-6-5-10(20(25)26)7-12(11)17/h5-9,13H,1-4H3,(H,18,21)(H,23,24). The van der Waals surface area contributed by atoms with E-state index in [1.54, 1.807) is 13.8 Å². The highest BCUT2D eigenvalue weighted by Gasteiger charge is 2.32. The number of likely N-dealkylation sites (N-methyl/N-ethyl adjacent to an activating group) is 1. The van der Waals surface area contributed by atoms with Crippen molar-refractivity contribution in [2.45, 2.75) is 32.9 Å². The fraction of sp³-hybridized carbons (Fsp3) is 0.438. The minimum atomic E-state index is -1.17. The monoisotopic (exact) mass is 385 g/mol. The molecule has 2 atom stereocenters. The van der Waals surface area contributed by atoms with Crippen LogP contribution in [0, 0.1) is 16.0 Å². The molecule has 0 aliphatic carbocycles. The number of aliphatic carboxylic acids is 1. The number of amides is 2. The molecule has 0 saturated heterocycles. The van der Waals surface area contributed by atoms with Crippen molar-refractivity contribution in [2.24, 2.45) is 5.92 Å². The van der Waals surface area contributed by atoms with Crippen LogP contribution in [0.25, 0.3) is 0 Å². The highest BCUT2D eigenvalue weighted by Crippen LogP contribution is 2.23. The lowest BCUT2D eigenvalue weighted by molar-refractivity contribution is -0.384. The molecule has 1 aromatic carbocycles. The zero-order chi connectivity index (χ0) is 20.2. The van der Waals surface area contributed by atoms with Gasteiger partial charge in [-0.1, -0.05) is 25.4 Å². The zero-order valence-electron chi connectivity index (χ0n) is 14.7. The van der Waals surface area contributed by atoms with Gasteiger partial charge >= 0.3 is 5.97 Å². The first-order valence-electron chi connectivity index (χ1n) is 7.71. The van der Waals surface area contributed by atoms with Crippen LogP contribution < -0.4 is 5.32 Å². The number of carboxylic acid groups (broad SMARTS) is 1. The summed E-state index contributed by atoms with van der Waals surface area (Å²) in [4.78, 5) is 47.2. The Morgan fingerprint density at radius 1 is 1.27 bits per heavy atom. The van der Waals surface area contributed by atoms with Gasteiger partial charge in [-0.25, -0.2) is 4.79 Å². The molecule has 0 fully saturated rings. The molecule has 1 rings (SSSR count). The first-order chi connectivity index (χ1) is 12.0. The number of carbonyl (C=O) groups excluding carboxylic acids is 2. The summed E-state index contributed by atoms with van der Waals surface area (Å²) in [6, 6.07) is 1.32. The largest absolute Gasteiger partial charge is 0.480 e. The number of hydrogen-bond acceptors (Lipinski definition) is 5. The molecule has 0 aliphatic rings. The second-order valence-corrected chi connectivity index (χ2v) is 6.49. The van der Waals surface area contributed by atoms with Gasteiger partial charge in [0.25, 0.3) is 11.6 Å². The SMILES string of the molecule is CC(C)C(NC(=O)c1ccc([N+](=O)[O-])cc1Cl)C(=O)N(C)C(C)C(=O)O. The number of hydrogen-bond donors (Lipinski definition) is 2. The second-order valence-electron chi connectivity index (χ2n) is 6.08. The number of carbonyl (C=O) groups is 3. The number of carboxylic acids is 1.